The number of rotatable bonds is 6. The van der Waals surface area contributed by atoms with Crippen LogP contribution in [0.15, 0.2) is 58.5 Å². The maximum absolute atomic E-state index is 5.40. The van der Waals surface area contributed by atoms with Crippen molar-refractivity contribution in [3.05, 3.63) is 60.2 Å². The van der Waals surface area contributed by atoms with Crippen molar-refractivity contribution in [3.8, 4) is 22.8 Å². The van der Waals surface area contributed by atoms with Crippen LogP contribution in [0.4, 0.5) is 0 Å². The Bertz CT molecular complexity index is 1040. The number of pyridine rings is 1. The Morgan fingerprint density at radius 3 is 2.70 bits per heavy atom. The summed E-state index contributed by atoms with van der Waals surface area (Å²) in [4.78, 5) is 8.54. The smallest absolute Gasteiger partial charge is 0.237 e. The van der Waals surface area contributed by atoms with Crippen molar-refractivity contribution < 1.29 is 4.52 Å². The number of aryl methyl sites for hydroxylation is 1. The Kier molecular flexibility index (Phi) is 4.97. The minimum Gasteiger partial charge on any atom is -0.338 e. The summed E-state index contributed by atoms with van der Waals surface area (Å²) in [5, 5.41) is 13.6. The standard InChI is InChI=1S/C19H18N6OS/c1-3-25-18(14-7-9-20-10-8-14)22-23-19(25)27-12-16-21-17(24-26-16)15-6-4-5-13(2)11-15/h4-11H,3,12H2,1-2H3. The molecule has 0 amide bonds. The molecule has 0 radical (unpaired) electrons. The molecule has 0 spiro atoms. The third-order valence-electron chi connectivity index (χ3n) is 4.04. The summed E-state index contributed by atoms with van der Waals surface area (Å²) >= 11 is 1.53. The van der Waals surface area contributed by atoms with E-state index in [0.29, 0.717) is 17.5 Å². The van der Waals surface area contributed by atoms with E-state index >= 15 is 0 Å². The van der Waals surface area contributed by atoms with Gasteiger partial charge in [0.25, 0.3) is 0 Å². The van der Waals surface area contributed by atoms with Crippen molar-refractivity contribution in [2.45, 2.75) is 31.3 Å². The van der Waals surface area contributed by atoms with Crippen molar-refractivity contribution in [2.24, 2.45) is 0 Å². The molecule has 3 aromatic heterocycles. The second kappa shape index (κ2) is 7.71. The maximum atomic E-state index is 5.40. The molecule has 0 atom stereocenters. The van der Waals surface area contributed by atoms with Gasteiger partial charge in [0, 0.05) is 30.1 Å². The van der Waals surface area contributed by atoms with Gasteiger partial charge in [0.1, 0.15) is 0 Å². The molecule has 0 fully saturated rings. The predicted molar refractivity (Wildman–Crippen MR) is 103 cm³/mol. The van der Waals surface area contributed by atoms with E-state index in [2.05, 4.69) is 36.8 Å². The highest BCUT2D eigenvalue weighted by Gasteiger charge is 2.15. The van der Waals surface area contributed by atoms with E-state index in [0.717, 1.165) is 34.2 Å². The van der Waals surface area contributed by atoms with E-state index in [9.17, 15) is 0 Å². The average molecular weight is 378 g/mol. The van der Waals surface area contributed by atoms with Crippen LogP contribution < -0.4 is 0 Å². The summed E-state index contributed by atoms with van der Waals surface area (Å²) in [7, 11) is 0. The van der Waals surface area contributed by atoms with Gasteiger partial charge in [-0.3, -0.25) is 4.98 Å². The van der Waals surface area contributed by atoms with Crippen molar-refractivity contribution in [3.63, 3.8) is 0 Å². The van der Waals surface area contributed by atoms with Crippen LogP contribution in [0.3, 0.4) is 0 Å². The van der Waals surface area contributed by atoms with Crippen molar-refractivity contribution in [2.75, 3.05) is 0 Å². The summed E-state index contributed by atoms with van der Waals surface area (Å²) in [6.45, 7) is 4.88. The van der Waals surface area contributed by atoms with Gasteiger partial charge >= 0.3 is 0 Å². The van der Waals surface area contributed by atoms with Crippen LogP contribution in [0.25, 0.3) is 22.8 Å². The molecule has 0 aliphatic carbocycles. The fourth-order valence-electron chi connectivity index (χ4n) is 2.74. The third kappa shape index (κ3) is 3.75. The van der Waals surface area contributed by atoms with Gasteiger partial charge in [-0.15, -0.1) is 10.2 Å². The summed E-state index contributed by atoms with van der Waals surface area (Å²) in [6.07, 6.45) is 3.50. The lowest BCUT2D eigenvalue weighted by Crippen LogP contribution is -2.00. The summed E-state index contributed by atoms with van der Waals surface area (Å²) in [5.41, 5.74) is 3.10. The van der Waals surface area contributed by atoms with Crippen LogP contribution in [0.2, 0.25) is 0 Å². The molecule has 0 aliphatic heterocycles. The molecule has 27 heavy (non-hydrogen) atoms. The largest absolute Gasteiger partial charge is 0.338 e. The molecule has 0 N–H and O–H groups in total. The molecule has 0 saturated carbocycles. The highest BCUT2D eigenvalue weighted by atomic mass is 32.2. The van der Waals surface area contributed by atoms with E-state index < -0.39 is 0 Å². The first-order valence-corrected chi connectivity index (χ1v) is 9.59. The predicted octanol–water partition coefficient (Wildman–Crippen LogP) is 4.01. The third-order valence-corrected chi connectivity index (χ3v) is 4.99. The Balaban J connectivity index is 1.51. The van der Waals surface area contributed by atoms with Gasteiger partial charge in [-0.05, 0) is 32.0 Å². The first kappa shape index (κ1) is 17.4. The second-order valence-corrected chi connectivity index (χ2v) is 6.90. The van der Waals surface area contributed by atoms with Crippen molar-refractivity contribution in [1.29, 1.82) is 0 Å². The lowest BCUT2D eigenvalue weighted by atomic mass is 10.1. The minimum atomic E-state index is 0.535. The first-order chi connectivity index (χ1) is 13.2. The van der Waals surface area contributed by atoms with Crippen molar-refractivity contribution in [1.82, 2.24) is 29.9 Å². The van der Waals surface area contributed by atoms with Crippen molar-refractivity contribution >= 4 is 11.8 Å². The Morgan fingerprint density at radius 1 is 1.07 bits per heavy atom. The van der Waals surface area contributed by atoms with Gasteiger partial charge in [0.05, 0.1) is 5.75 Å². The molecule has 3 heterocycles. The molecule has 0 bridgehead atoms. The molecule has 0 saturated heterocycles. The van der Waals surface area contributed by atoms with Crippen LogP contribution in [0, 0.1) is 6.92 Å². The molecular weight excluding hydrogens is 360 g/mol. The zero-order chi connectivity index (χ0) is 18.6. The quantitative estimate of drug-likeness (QED) is 0.469. The number of nitrogens with zero attached hydrogens (tertiary/aromatic N) is 6. The van der Waals surface area contributed by atoms with E-state index in [1.54, 1.807) is 12.4 Å². The van der Waals surface area contributed by atoms with Crippen LogP contribution in [-0.4, -0.2) is 29.9 Å². The topological polar surface area (TPSA) is 82.5 Å². The number of hydrogen-bond acceptors (Lipinski definition) is 7. The number of aromatic nitrogens is 6. The van der Waals surface area contributed by atoms with Gasteiger partial charge in [0.15, 0.2) is 11.0 Å². The lowest BCUT2D eigenvalue weighted by molar-refractivity contribution is 0.391. The summed E-state index contributed by atoms with van der Waals surface area (Å²) in [6, 6.07) is 11.9. The van der Waals surface area contributed by atoms with Crippen LogP contribution in [0.5, 0.6) is 0 Å². The molecule has 8 heteroatoms. The van der Waals surface area contributed by atoms with Gasteiger partial charge in [0.2, 0.25) is 11.7 Å². The van der Waals surface area contributed by atoms with E-state index in [4.69, 9.17) is 4.52 Å². The fourth-order valence-corrected chi connectivity index (χ4v) is 3.58. The van der Waals surface area contributed by atoms with Gasteiger partial charge in [-0.25, -0.2) is 0 Å². The molecule has 7 nitrogen and oxygen atoms in total. The maximum Gasteiger partial charge on any atom is 0.237 e. The molecule has 0 aliphatic rings. The van der Waals surface area contributed by atoms with Gasteiger partial charge in [-0.2, -0.15) is 4.98 Å². The molecule has 1 aromatic carbocycles. The molecule has 4 aromatic rings. The summed E-state index contributed by atoms with van der Waals surface area (Å²) < 4.78 is 7.47. The monoisotopic (exact) mass is 378 g/mol. The Labute approximate surface area is 160 Å². The highest BCUT2D eigenvalue weighted by molar-refractivity contribution is 7.98. The van der Waals surface area contributed by atoms with E-state index in [1.165, 1.54) is 11.8 Å². The first-order valence-electron chi connectivity index (χ1n) is 8.60. The molecule has 4 rings (SSSR count). The summed E-state index contributed by atoms with van der Waals surface area (Å²) in [5.74, 6) is 2.53. The molecular formula is C19H18N6OS. The van der Waals surface area contributed by atoms with Crippen LogP contribution in [-0.2, 0) is 12.3 Å². The lowest BCUT2D eigenvalue weighted by Gasteiger charge is -2.06. The second-order valence-electron chi connectivity index (χ2n) is 5.96. The zero-order valence-electron chi connectivity index (χ0n) is 15.0. The van der Waals surface area contributed by atoms with Crippen LogP contribution >= 0.6 is 11.8 Å². The SMILES string of the molecule is CCn1c(SCc2nc(-c3cccc(C)c3)no2)nnc1-c1ccncc1. The van der Waals surface area contributed by atoms with Crippen LogP contribution in [0.1, 0.15) is 18.4 Å². The average Bonchev–Trinajstić information content (AvgIpc) is 3.34. The highest BCUT2D eigenvalue weighted by Crippen LogP contribution is 2.26. The minimum absolute atomic E-state index is 0.535. The Hall–Kier alpha value is -3.00. The van der Waals surface area contributed by atoms with Gasteiger partial charge in [-0.1, -0.05) is 40.7 Å². The number of thioether (sulfide) groups is 1. The fraction of sp³-hybridized carbons (Fsp3) is 0.211. The molecule has 0 unspecified atom stereocenters. The number of benzene rings is 1. The van der Waals surface area contributed by atoms with E-state index in [-0.39, 0.29) is 0 Å². The van der Waals surface area contributed by atoms with E-state index in [1.807, 2.05) is 43.3 Å². The number of hydrogen-bond donors (Lipinski definition) is 0. The molecule has 136 valence electrons. The van der Waals surface area contributed by atoms with Gasteiger partial charge < -0.3 is 9.09 Å². The zero-order valence-corrected chi connectivity index (χ0v) is 15.8. The normalized spacial score (nSPS) is 11.0. The Morgan fingerprint density at radius 2 is 1.93 bits per heavy atom.